The van der Waals surface area contributed by atoms with Crippen LogP contribution < -0.4 is 11.1 Å². The predicted octanol–water partition coefficient (Wildman–Crippen LogP) is 5.87. The first-order valence-corrected chi connectivity index (χ1v) is 15.7. The summed E-state index contributed by atoms with van der Waals surface area (Å²) in [5, 5.41) is 14.6. The number of non-ortho nitro benzene ring substituents is 1. The molecule has 0 aliphatic carbocycles. The standard InChI is InChI=1S/C36H40N4O6/c1-3-4-5-12-20-45-35(41)30-24(2)38-34(37)32(31(30)27-18-13-19-28(21-27)40(43)44)36(42)46-29-22-39(23-29)33(25-14-8-6-9-15-25)26-16-10-7-11-17-26/h6-11,13-19,21,29,31,33,38H,3-5,12,20,22-23,37H2,1-2H3. The van der Waals surface area contributed by atoms with E-state index in [0.29, 0.717) is 30.8 Å². The largest absolute Gasteiger partial charge is 0.462 e. The van der Waals surface area contributed by atoms with E-state index in [1.807, 2.05) is 36.4 Å². The minimum absolute atomic E-state index is 0.0140. The van der Waals surface area contributed by atoms with E-state index in [9.17, 15) is 19.7 Å². The van der Waals surface area contributed by atoms with Crippen LogP contribution in [0.25, 0.3) is 0 Å². The van der Waals surface area contributed by atoms with Gasteiger partial charge in [-0.25, -0.2) is 9.59 Å². The van der Waals surface area contributed by atoms with Crippen molar-refractivity contribution in [2.24, 2.45) is 5.73 Å². The van der Waals surface area contributed by atoms with Crippen molar-refractivity contribution in [2.45, 2.75) is 57.6 Å². The van der Waals surface area contributed by atoms with Crippen molar-refractivity contribution < 1.29 is 24.0 Å². The monoisotopic (exact) mass is 624 g/mol. The third-order valence-corrected chi connectivity index (χ3v) is 8.42. The van der Waals surface area contributed by atoms with E-state index in [2.05, 4.69) is 41.4 Å². The van der Waals surface area contributed by atoms with Gasteiger partial charge < -0.3 is 20.5 Å². The number of rotatable bonds is 13. The third kappa shape index (κ3) is 7.29. The minimum Gasteiger partial charge on any atom is -0.462 e. The van der Waals surface area contributed by atoms with Gasteiger partial charge in [0.25, 0.3) is 5.69 Å². The molecule has 5 rings (SSSR count). The lowest BCUT2D eigenvalue weighted by Gasteiger charge is -2.44. The number of likely N-dealkylation sites (tertiary alicyclic amines) is 1. The normalized spacial score (nSPS) is 17.0. The molecule has 240 valence electrons. The summed E-state index contributed by atoms with van der Waals surface area (Å²) in [4.78, 5) is 40.8. The Morgan fingerprint density at radius 3 is 2.20 bits per heavy atom. The van der Waals surface area contributed by atoms with Crippen LogP contribution in [0.4, 0.5) is 5.69 Å². The molecular weight excluding hydrogens is 584 g/mol. The number of unbranched alkanes of at least 4 members (excludes halogenated alkanes) is 3. The minimum atomic E-state index is -1.02. The van der Waals surface area contributed by atoms with Crippen molar-refractivity contribution in [2.75, 3.05) is 19.7 Å². The Bertz CT molecular complexity index is 1580. The van der Waals surface area contributed by atoms with E-state index in [-0.39, 0.29) is 35.3 Å². The van der Waals surface area contributed by atoms with Gasteiger partial charge in [-0.05, 0) is 30.0 Å². The number of carbonyl (C=O) groups excluding carboxylic acids is 2. The number of nitrogens with one attached hydrogen (secondary N) is 1. The molecule has 3 aromatic rings. The smallest absolute Gasteiger partial charge is 0.339 e. The molecule has 3 N–H and O–H groups in total. The van der Waals surface area contributed by atoms with Gasteiger partial charge in [0.15, 0.2) is 0 Å². The zero-order chi connectivity index (χ0) is 32.6. The molecule has 46 heavy (non-hydrogen) atoms. The van der Waals surface area contributed by atoms with E-state index >= 15 is 0 Å². The van der Waals surface area contributed by atoms with Crippen molar-refractivity contribution in [3.05, 3.63) is 134 Å². The topological polar surface area (TPSA) is 137 Å². The second kappa shape index (κ2) is 14.9. The van der Waals surface area contributed by atoms with Crippen LogP contribution in [-0.4, -0.2) is 47.6 Å². The van der Waals surface area contributed by atoms with Crippen LogP contribution in [0.5, 0.6) is 0 Å². The van der Waals surface area contributed by atoms with Gasteiger partial charge in [0, 0.05) is 30.9 Å². The van der Waals surface area contributed by atoms with Gasteiger partial charge in [0.2, 0.25) is 0 Å². The average Bonchev–Trinajstić information content (AvgIpc) is 3.04. The number of nitro benzene ring substituents is 1. The highest BCUT2D eigenvalue weighted by atomic mass is 16.6. The highest BCUT2D eigenvalue weighted by Gasteiger charge is 2.42. The third-order valence-electron chi connectivity index (χ3n) is 8.42. The van der Waals surface area contributed by atoms with Crippen LogP contribution in [0.3, 0.4) is 0 Å². The number of esters is 2. The average molecular weight is 625 g/mol. The van der Waals surface area contributed by atoms with Crippen LogP contribution in [0.1, 0.15) is 68.2 Å². The molecule has 0 bridgehead atoms. The molecule has 2 heterocycles. The summed E-state index contributed by atoms with van der Waals surface area (Å²) in [5.41, 5.74) is 9.47. The molecule has 0 spiro atoms. The number of hydrogen-bond donors (Lipinski definition) is 2. The number of nitrogens with two attached hydrogens (primary N) is 1. The summed E-state index contributed by atoms with van der Waals surface area (Å²) in [6, 6.07) is 26.2. The van der Waals surface area contributed by atoms with Gasteiger partial charge >= 0.3 is 11.9 Å². The fourth-order valence-corrected chi connectivity index (χ4v) is 6.13. The van der Waals surface area contributed by atoms with Crippen molar-refractivity contribution >= 4 is 17.6 Å². The second-order valence-electron chi connectivity index (χ2n) is 11.7. The van der Waals surface area contributed by atoms with Crippen molar-refractivity contribution in [3.63, 3.8) is 0 Å². The maximum atomic E-state index is 13.9. The van der Waals surface area contributed by atoms with E-state index in [0.717, 1.165) is 30.4 Å². The summed E-state index contributed by atoms with van der Waals surface area (Å²) in [5.74, 6) is -2.29. The molecule has 1 atom stereocenters. The molecule has 2 aliphatic heterocycles. The number of dihydropyridines is 1. The van der Waals surface area contributed by atoms with E-state index in [1.165, 1.54) is 18.2 Å². The van der Waals surface area contributed by atoms with Crippen molar-refractivity contribution in [1.29, 1.82) is 0 Å². The van der Waals surface area contributed by atoms with Crippen LogP contribution in [0.2, 0.25) is 0 Å². The van der Waals surface area contributed by atoms with Crippen LogP contribution in [0, 0.1) is 10.1 Å². The summed E-state index contributed by atoms with van der Waals surface area (Å²) >= 11 is 0. The molecule has 0 amide bonds. The van der Waals surface area contributed by atoms with Gasteiger partial charge in [-0.3, -0.25) is 15.0 Å². The number of carbonyl (C=O) groups is 2. The van der Waals surface area contributed by atoms with E-state index in [1.54, 1.807) is 13.0 Å². The molecule has 2 aliphatic rings. The Balaban J connectivity index is 1.38. The number of ether oxygens (including phenoxy) is 2. The van der Waals surface area contributed by atoms with Crippen molar-refractivity contribution in [1.82, 2.24) is 10.2 Å². The Morgan fingerprint density at radius 2 is 1.59 bits per heavy atom. The van der Waals surface area contributed by atoms with Gasteiger partial charge in [-0.15, -0.1) is 0 Å². The molecule has 0 aromatic heterocycles. The molecule has 10 heteroatoms. The number of hydrogen-bond acceptors (Lipinski definition) is 9. The number of benzene rings is 3. The molecule has 1 saturated heterocycles. The van der Waals surface area contributed by atoms with Gasteiger partial charge in [-0.2, -0.15) is 0 Å². The number of nitro groups is 1. The fraction of sp³-hybridized carbons (Fsp3) is 0.333. The molecule has 1 unspecified atom stereocenters. The summed E-state index contributed by atoms with van der Waals surface area (Å²) < 4.78 is 11.6. The molecule has 10 nitrogen and oxygen atoms in total. The maximum absolute atomic E-state index is 13.9. The Kier molecular flexibility index (Phi) is 10.5. The van der Waals surface area contributed by atoms with Gasteiger partial charge in [0.05, 0.1) is 34.6 Å². The SMILES string of the molecule is CCCCCCOC(=O)C1=C(C)NC(N)=C(C(=O)OC2CN(C(c3ccccc3)c3ccccc3)C2)C1c1cccc([N+](=O)[O-])c1. The lowest BCUT2D eigenvalue weighted by Crippen LogP contribution is -2.54. The fourth-order valence-electron chi connectivity index (χ4n) is 6.13. The van der Waals surface area contributed by atoms with Crippen LogP contribution >= 0.6 is 0 Å². The lowest BCUT2D eigenvalue weighted by atomic mass is 9.81. The van der Waals surface area contributed by atoms with E-state index in [4.69, 9.17) is 15.2 Å². The molecule has 0 radical (unpaired) electrons. The summed E-state index contributed by atoms with van der Waals surface area (Å²) in [6.07, 6.45) is 3.28. The quantitative estimate of drug-likeness (QED) is 0.104. The zero-order valence-electron chi connectivity index (χ0n) is 26.2. The first kappa shape index (κ1) is 32.4. The highest BCUT2D eigenvalue weighted by molar-refractivity contribution is 6.00. The highest BCUT2D eigenvalue weighted by Crippen LogP contribution is 2.40. The van der Waals surface area contributed by atoms with Gasteiger partial charge in [-0.1, -0.05) is 99.0 Å². The first-order chi connectivity index (χ1) is 22.3. The summed E-state index contributed by atoms with van der Waals surface area (Å²) in [7, 11) is 0. The van der Waals surface area contributed by atoms with Gasteiger partial charge in [0.1, 0.15) is 11.9 Å². The molecule has 0 saturated carbocycles. The number of allylic oxidation sites excluding steroid dienone is 1. The second-order valence-corrected chi connectivity index (χ2v) is 11.7. The lowest BCUT2D eigenvalue weighted by molar-refractivity contribution is -0.384. The Morgan fingerprint density at radius 1 is 0.935 bits per heavy atom. The molecule has 3 aromatic carbocycles. The number of nitrogens with zero attached hydrogens (tertiary/aromatic N) is 2. The Hall–Kier alpha value is -4.96. The summed E-state index contributed by atoms with van der Waals surface area (Å²) in [6.45, 7) is 4.97. The Labute approximate surface area is 269 Å². The van der Waals surface area contributed by atoms with Crippen LogP contribution in [-0.2, 0) is 19.1 Å². The maximum Gasteiger partial charge on any atom is 0.339 e. The van der Waals surface area contributed by atoms with E-state index < -0.39 is 28.9 Å². The predicted molar refractivity (Wildman–Crippen MR) is 174 cm³/mol. The van der Waals surface area contributed by atoms with Crippen molar-refractivity contribution in [3.8, 4) is 0 Å². The first-order valence-electron chi connectivity index (χ1n) is 15.7. The van der Waals surface area contributed by atoms with Crippen LogP contribution in [0.15, 0.2) is 108 Å². The molecule has 1 fully saturated rings. The molecular formula is C36H40N4O6. The zero-order valence-corrected chi connectivity index (χ0v) is 26.2.